The molecule has 0 aromatic rings. The Morgan fingerprint density at radius 1 is 1.15 bits per heavy atom. The van der Waals surface area contributed by atoms with Crippen LogP contribution in [0.5, 0.6) is 0 Å². The lowest BCUT2D eigenvalue weighted by Gasteiger charge is -2.15. The first kappa shape index (κ1) is 11.1. The Labute approximate surface area is 84.1 Å². The van der Waals surface area contributed by atoms with Crippen molar-refractivity contribution in [1.29, 1.82) is 0 Å². The summed E-state index contributed by atoms with van der Waals surface area (Å²) in [5.41, 5.74) is 0. The molecule has 1 aliphatic rings. The molecule has 0 aromatic heterocycles. The molecule has 0 radical (unpaired) electrons. The summed E-state index contributed by atoms with van der Waals surface area (Å²) in [7, 11) is 0. The molecule has 13 heavy (non-hydrogen) atoms. The van der Waals surface area contributed by atoms with Crippen molar-refractivity contribution in [3.05, 3.63) is 0 Å². The molecule has 1 aliphatic carbocycles. The molecule has 0 bridgehead atoms. The third kappa shape index (κ3) is 2.48. The molecule has 1 fully saturated rings. The average Bonchev–Trinajstić information content (AvgIpc) is 2.71. The molecule has 0 spiro atoms. The first-order valence-corrected chi connectivity index (χ1v) is 6.09. The number of rotatable bonds is 5. The van der Waals surface area contributed by atoms with Crippen molar-refractivity contribution in [1.82, 2.24) is 0 Å². The second kappa shape index (κ2) is 4.48. The van der Waals surface area contributed by atoms with E-state index in [1.807, 2.05) is 0 Å². The number of hydrogen-bond donors (Lipinski definition) is 0. The predicted molar refractivity (Wildman–Crippen MR) is 59.7 cm³/mol. The van der Waals surface area contributed by atoms with Crippen LogP contribution in [0.2, 0.25) is 0 Å². The average molecular weight is 182 g/mol. The Balaban J connectivity index is 2.30. The van der Waals surface area contributed by atoms with Crippen molar-refractivity contribution in [2.24, 2.45) is 29.6 Å². The Bertz CT molecular complexity index is 148. The molecule has 0 aromatic carbocycles. The molecule has 0 saturated heterocycles. The third-order valence-corrected chi connectivity index (χ3v) is 4.19. The SMILES string of the molecule is CCCCC1C(C)C1C(C)C(C)C. The molecule has 0 aliphatic heterocycles. The van der Waals surface area contributed by atoms with Crippen LogP contribution in [-0.4, -0.2) is 0 Å². The molecule has 4 atom stereocenters. The van der Waals surface area contributed by atoms with Gasteiger partial charge in [0.2, 0.25) is 0 Å². The zero-order chi connectivity index (χ0) is 10.0. The minimum atomic E-state index is 0.874. The van der Waals surface area contributed by atoms with Crippen LogP contribution in [0.1, 0.15) is 53.9 Å². The fourth-order valence-electron chi connectivity index (χ4n) is 2.79. The van der Waals surface area contributed by atoms with E-state index in [1.54, 1.807) is 0 Å². The van der Waals surface area contributed by atoms with Crippen LogP contribution in [-0.2, 0) is 0 Å². The number of unbranched alkanes of at least 4 members (excludes halogenated alkanes) is 1. The molecule has 0 nitrogen and oxygen atoms in total. The highest BCUT2D eigenvalue weighted by molar-refractivity contribution is 4.97. The van der Waals surface area contributed by atoms with Crippen LogP contribution >= 0.6 is 0 Å². The Morgan fingerprint density at radius 2 is 1.77 bits per heavy atom. The summed E-state index contributed by atoms with van der Waals surface area (Å²) in [6.07, 6.45) is 4.29. The number of hydrogen-bond acceptors (Lipinski definition) is 0. The van der Waals surface area contributed by atoms with Gasteiger partial charge in [-0.2, -0.15) is 0 Å². The van der Waals surface area contributed by atoms with E-state index in [4.69, 9.17) is 0 Å². The van der Waals surface area contributed by atoms with Crippen LogP contribution in [0.15, 0.2) is 0 Å². The standard InChI is InChI=1S/C13H26/c1-6-7-8-12-11(5)13(12)10(4)9(2)3/h9-13H,6-8H2,1-5H3. The molecule has 78 valence electrons. The lowest BCUT2D eigenvalue weighted by atomic mass is 9.91. The van der Waals surface area contributed by atoms with E-state index in [2.05, 4.69) is 34.6 Å². The third-order valence-electron chi connectivity index (χ3n) is 4.19. The van der Waals surface area contributed by atoms with Gasteiger partial charge in [0.15, 0.2) is 0 Å². The molecular weight excluding hydrogens is 156 g/mol. The van der Waals surface area contributed by atoms with Gasteiger partial charge in [-0.15, -0.1) is 0 Å². The first-order chi connectivity index (χ1) is 6.09. The molecule has 0 heterocycles. The van der Waals surface area contributed by atoms with E-state index >= 15 is 0 Å². The zero-order valence-electron chi connectivity index (χ0n) is 10.0. The summed E-state index contributed by atoms with van der Waals surface area (Å²) in [6, 6.07) is 0. The quantitative estimate of drug-likeness (QED) is 0.593. The summed E-state index contributed by atoms with van der Waals surface area (Å²) in [4.78, 5) is 0. The van der Waals surface area contributed by atoms with Gasteiger partial charge in [-0.25, -0.2) is 0 Å². The van der Waals surface area contributed by atoms with Crippen LogP contribution in [0.4, 0.5) is 0 Å². The Hall–Kier alpha value is 0. The largest absolute Gasteiger partial charge is 0.0654 e. The minimum Gasteiger partial charge on any atom is -0.0654 e. The van der Waals surface area contributed by atoms with Crippen LogP contribution < -0.4 is 0 Å². The predicted octanol–water partition coefficient (Wildman–Crippen LogP) is 4.35. The molecule has 1 saturated carbocycles. The van der Waals surface area contributed by atoms with Crippen molar-refractivity contribution >= 4 is 0 Å². The van der Waals surface area contributed by atoms with Crippen molar-refractivity contribution in [2.45, 2.75) is 53.9 Å². The zero-order valence-corrected chi connectivity index (χ0v) is 10.0. The van der Waals surface area contributed by atoms with E-state index in [0.717, 1.165) is 29.6 Å². The highest BCUT2D eigenvalue weighted by atomic mass is 14.5. The van der Waals surface area contributed by atoms with E-state index in [9.17, 15) is 0 Å². The first-order valence-electron chi connectivity index (χ1n) is 6.09. The van der Waals surface area contributed by atoms with Crippen molar-refractivity contribution in [3.63, 3.8) is 0 Å². The van der Waals surface area contributed by atoms with Gasteiger partial charge in [0.05, 0.1) is 0 Å². The van der Waals surface area contributed by atoms with Gasteiger partial charge in [-0.1, -0.05) is 47.5 Å². The summed E-state index contributed by atoms with van der Waals surface area (Å²) >= 11 is 0. The van der Waals surface area contributed by atoms with E-state index in [-0.39, 0.29) is 0 Å². The lowest BCUT2D eigenvalue weighted by Crippen LogP contribution is -2.08. The highest BCUT2D eigenvalue weighted by Crippen LogP contribution is 2.54. The maximum Gasteiger partial charge on any atom is -0.0326 e. The van der Waals surface area contributed by atoms with E-state index in [1.165, 1.54) is 19.3 Å². The van der Waals surface area contributed by atoms with Crippen LogP contribution in [0.3, 0.4) is 0 Å². The maximum atomic E-state index is 2.45. The van der Waals surface area contributed by atoms with Crippen LogP contribution in [0, 0.1) is 29.6 Å². The normalized spacial score (nSPS) is 35.1. The summed E-state index contributed by atoms with van der Waals surface area (Å²) in [6.45, 7) is 11.9. The Kier molecular flexibility index (Phi) is 3.82. The van der Waals surface area contributed by atoms with Crippen molar-refractivity contribution in [2.75, 3.05) is 0 Å². The highest BCUT2D eigenvalue weighted by Gasteiger charge is 2.48. The van der Waals surface area contributed by atoms with Crippen LogP contribution in [0.25, 0.3) is 0 Å². The van der Waals surface area contributed by atoms with Gasteiger partial charge < -0.3 is 0 Å². The summed E-state index contributed by atoms with van der Waals surface area (Å²) in [5, 5.41) is 0. The molecular formula is C13H26. The van der Waals surface area contributed by atoms with Crippen molar-refractivity contribution < 1.29 is 0 Å². The second-order valence-electron chi connectivity index (χ2n) is 5.35. The van der Waals surface area contributed by atoms with Gasteiger partial charge >= 0.3 is 0 Å². The minimum absolute atomic E-state index is 0.874. The van der Waals surface area contributed by atoms with E-state index in [0.29, 0.717) is 0 Å². The molecule has 0 N–H and O–H groups in total. The lowest BCUT2D eigenvalue weighted by molar-refractivity contribution is 0.343. The second-order valence-corrected chi connectivity index (χ2v) is 5.35. The van der Waals surface area contributed by atoms with Gasteiger partial charge in [-0.05, 0) is 36.0 Å². The van der Waals surface area contributed by atoms with Gasteiger partial charge in [0.1, 0.15) is 0 Å². The van der Waals surface area contributed by atoms with Gasteiger partial charge in [0.25, 0.3) is 0 Å². The molecule has 0 heteroatoms. The van der Waals surface area contributed by atoms with Crippen molar-refractivity contribution in [3.8, 4) is 0 Å². The Morgan fingerprint density at radius 3 is 2.23 bits per heavy atom. The fourth-order valence-corrected chi connectivity index (χ4v) is 2.79. The van der Waals surface area contributed by atoms with Gasteiger partial charge in [0, 0.05) is 0 Å². The van der Waals surface area contributed by atoms with Gasteiger partial charge in [-0.3, -0.25) is 0 Å². The molecule has 4 unspecified atom stereocenters. The topological polar surface area (TPSA) is 0 Å². The fraction of sp³-hybridized carbons (Fsp3) is 1.00. The molecule has 0 amide bonds. The summed E-state index contributed by atoms with van der Waals surface area (Å²) in [5.74, 6) is 4.95. The van der Waals surface area contributed by atoms with E-state index < -0.39 is 0 Å². The molecule has 1 rings (SSSR count). The monoisotopic (exact) mass is 182 g/mol. The smallest absolute Gasteiger partial charge is 0.0326 e. The summed E-state index contributed by atoms with van der Waals surface area (Å²) < 4.78 is 0. The maximum absolute atomic E-state index is 2.45.